The van der Waals surface area contributed by atoms with Crippen LogP contribution in [-0.4, -0.2) is 37.7 Å². The zero-order chi connectivity index (χ0) is 17.3. The summed E-state index contributed by atoms with van der Waals surface area (Å²) in [6.45, 7) is 10.9. The van der Waals surface area contributed by atoms with E-state index >= 15 is 0 Å². The zero-order valence-electron chi connectivity index (χ0n) is 14.4. The van der Waals surface area contributed by atoms with Gasteiger partial charge >= 0.3 is 17.9 Å². The highest BCUT2D eigenvalue weighted by Crippen LogP contribution is 2.38. The van der Waals surface area contributed by atoms with Gasteiger partial charge in [-0.25, -0.2) is 0 Å². The monoisotopic (exact) mass is 316 g/mol. The quantitative estimate of drug-likeness (QED) is 0.369. The van der Waals surface area contributed by atoms with Gasteiger partial charge in [-0.1, -0.05) is 27.2 Å². The predicted octanol–water partition coefficient (Wildman–Crippen LogP) is 2.34. The van der Waals surface area contributed by atoms with Gasteiger partial charge in [0.05, 0.1) is 25.7 Å². The third kappa shape index (κ3) is 5.31. The molecule has 0 radical (unpaired) electrons. The summed E-state index contributed by atoms with van der Waals surface area (Å²) in [4.78, 5) is 36.9. The molecule has 1 atom stereocenters. The maximum atomic E-state index is 12.4. The molecular formula is C16H28O6. The standard InChI is InChI=1S/C16H28O6/c1-7-16(5,6)12(15(19)22-10-4)11(13(17)20-8-2)14(18)21-9-3/h11-12H,7-10H2,1-6H3. The lowest BCUT2D eigenvalue weighted by atomic mass is 9.70. The van der Waals surface area contributed by atoms with Gasteiger partial charge in [-0.2, -0.15) is 0 Å². The fourth-order valence-corrected chi connectivity index (χ4v) is 2.19. The molecule has 0 heterocycles. The minimum atomic E-state index is -1.31. The first-order valence-corrected chi connectivity index (χ1v) is 7.76. The van der Waals surface area contributed by atoms with E-state index in [1.54, 1.807) is 20.8 Å². The second-order valence-corrected chi connectivity index (χ2v) is 5.55. The largest absolute Gasteiger partial charge is 0.466 e. The van der Waals surface area contributed by atoms with Crippen LogP contribution in [-0.2, 0) is 28.6 Å². The van der Waals surface area contributed by atoms with Crippen molar-refractivity contribution < 1.29 is 28.6 Å². The van der Waals surface area contributed by atoms with E-state index in [0.29, 0.717) is 6.42 Å². The topological polar surface area (TPSA) is 78.9 Å². The van der Waals surface area contributed by atoms with Gasteiger partial charge < -0.3 is 14.2 Å². The summed E-state index contributed by atoms with van der Waals surface area (Å²) in [6, 6.07) is 0. The Hall–Kier alpha value is -1.59. The van der Waals surface area contributed by atoms with Gasteiger partial charge in [-0.05, 0) is 26.2 Å². The molecular weight excluding hydrogens is 288 g/mol. The number of hydrogen-bond donors (Lipinski definition) is 0. The molecule has 0 aliphatic rings. The van der Waals surface area contributed by atoms with E-state index in [0.717, 1.165) is 0 Å². The summed E-state index contributed by atoms with van der Waals surface area (Å²) < 4.78 is 15.0. The first kappa shape index (κ1) is 20.4. The summed E-state index contributed by atoms with van der Waals surface area (Å²) in [6.07, 6.45) is 0.589. The molecule has 0 amide bonds. The van der Waals surface area contributed by atoms with Crippen molar-refractivity contribution in [3.05, 3.63) is 0 Å². The molecule has 0 fully saturated rings. The average molecular weight is 316 g/mol. The number of carbonyl (C=O) groups excluding carboxylic acids is 3. The van der Waals surface area contributed by atoms with E-state index in [4.69, 9.17) is 14.2 Å². The predicted molar refractivity (Wildman–Crippen MR) is 81.0 cm³/mol. The molecule has 6 heteroatoms. The first-order chi connectivity index (χ1) is 10.3. The van der Waals surface area contributed by atoms with Crippen LogP contribution in [0.3, 0.4) is 0 Å². The highest BCUT2D eigenvalue weighted by molar-refractivity contribution is 5.99. The van der Waals surface area contributed by atoms with Crippen molar-refractivity contribution in [1.82, 2.24) is 0 Å². The molecule has 22 heavy (non-hydrogen) atoms. The number of carbonyl (C=O) groups is 3. The summed E-state index contributed by atoms with van der Waals surface area (Å²) in [7, 11) is 0. The van der Waals surface area contributed by atoms with Crippen LogP contribution < -0.4 is 0 Å². The molecule has 0 aliphatic heterocycles. The molecule has 0 N–H and O–H groups in total. The Morgan fingerprint density at radius 1 is 0.773 bits per heavy atom. The molecule has 1 unspecified atom stereocenters. The number of rotatable bonds is 9. The van der Waals surface area contributed by atoms with Gasteiger partial charge in [-0.3, -0.25) is 14.4 Å². The van der Waals surface area contributed by atoms with Crippen LogP contribution in [0.25, 0.3) is 0 Å². The fraction of sp³-hybridized carbons (Fsp3) is 0.812. The Morgan fingerprint density at radius 3 is 1.45 bits per heavy atom. The molecule has 0 saturated heterocycles. The van der Waals surface area contributed by atoms with Gasteiger partial charge in [0.2, 0.25) is 0 Å². The van der Waals surface area contributed by atoms with E-state index in [9.17, 15) is 14.4 Å². The lowest BCUT2D eigenvalue weighted by Gasteiger charge is -2.34. The highest BCUT2D eigenvalue weighted by Gasteiger charge is 2.49. The second-order valence-electron chi connectivity index (χ2n) is 5.55. The smallest absolute Gasteiger partial charge is 0.321 e. The Bertz CT molecular complexity index is 370. The molecule has 0 spiro atoms. The van der Waals surface area contributed by atoms with Gasteiger partial charge in [0.25, 0.3) is 0 Å². The lowest BCUT2D eigenvalue weighted by Crippen LogP contribution is -2.46. The van der Waals surface area contributed by atoms with Gasteiger partial charge in [0, 0.05) is 0 Å². The Labute approximate surface area is 132 Å². The molecule has 0 bridgehead atoms. The fourth-order valence-electron chi connectivity index (χ4n) is 2.19. The zero-order valence-corrected chi connectivity index (χ0v) is 14.4. The van der Waals surface area contributed by atoms with Crippen molar-refractivity contribution in [2.75, 3.05) is 19.8 Å². The summed E-state index contributed by atoms with van der Waals surface area (Å²) in [5.41, 5.74) is -0.615. The van der Waals surface area contributed by atoms with Crippen molar-refractivity contribution in [3.8, 4) is 0 Å². The summed E-state index contributed by atoms with van der Waals surface area (Å²) in [5.74, 6) is -4.34. The average Bonchev–Trinajstić information content (AvgIpc) is 2.44. The van der Waals surface area contributed by atoms with Crippen molar-refractivity contribution in [3.63, 3.8) is 0 Å². The van der Waals surface area contributed by atoms with E-state index in [1.807, 2.05) is 20.8 Å². The lowest BCUT2D eigenvalue weighted by molar-refractivity contribution is -0.176. The Kier molecular flexibility index (Phi) is 8.75. The maximum Gasteiger partial charge on any atom is 0.321 e. The van der Waals surface area contributed by atoms with E-state index in [1.165, 1.54) is 0 Å². The van der Waals surface area contributed by atoms with E-state index in [-0.39, 0.29) is 19.8 Å². The van der Waals surface area contributed by atoms with E-state index < -0.39 is 35.2 Å². The molecule has 0 aromatic heterocycles. The van der Waals surface area contributed by atoms with Gasteiger partial charge in [0.1, 0.15) is 0 Å². The van der Waals surface area contributed by atoms with Gasteiger partial charge in [-0.15, -0.1) is 0 Å². The van der Waals surface area contributed by atoms with Crippen LogP contribution in [0.5, 0.6) is 0 Å². The molecule has 0 saturated carbocycles. The normalized spacial score (nSPS) is 12.7. The van der Waals surface area contributed by atoms with Gasteiger partial charge in [0.15, 0.2) is 5.92 Å². The number of ether oxygens (including phenoxy) is 3. The van der Waals surface area contributed by atoms with Crippen LogP contribution in [0.1, 0.15) is 48.0 Å². The summed E-state index contributed by atoms with van der Waals surface area (Å²) in [5, 5.41) is 0. The Morgan fingerprint density at radius 2 is 1.14 bits per heavy atom. The Balaban J connectivity index is 5.76. The van der Waals surface area contributed by atoms with Crippen LogP contribution in [0, 0.1) is 17.3 Å². The molecule has 0 aromatic carbocycles. The third-order valence-electron chi connectivity index (χ3n) is 3.71. The molecule has 128 valence electrons. The first-order valence-electron chi connectivity index (χ1n) is 7.76. The van der Waals surface area contributed by atoms with Crippen molar-refractivity contribution in [2.45, 2.75) is 48.0 Å². The third-order valence-corrected chi connectivity index (χ3v) is 3.71. The SMILES string of the molecule is CCOC(=O)C(C(=O)OCC)C(C(=O)OCC)C(C)(C)CC. The van der Waals surface area contributed by atoms with E-state index in [2.05, 4.69) is 0 Å². The van der Waals surface area contributed by atoms with Crippen molar-refractivity contribution in [2.24, 2.45) is 17.3 Å². The van der Waals surface area contributed by atoms with Crippen LogP contribution in [0.2, 0.25) is 0 Å². The van der Waals surface area contributed by atoms with Crippen LogP contribution >= 0.6 is 0 Å². The van der Waals surface area contributed by atoms with Crippen molar-refractivity contribution in [1.29, 1.82) is 0 Å². The second kappa shape index (κ2) is 9.43. The minimum absolute atomic E-state index is 0.122. The maximum absolute atomic E-state index is 12.4. The number of esters is 3. The van der Waals surface area contributed by atoms with Crippen molar-refractivity contribution >= 4 is 17.9 Å². The summed E-state index contributed by atoms with van der Waals surface area (Å²) >= 11 is 0. The van der Waals surface area contributed by atoms with Crippen LogP contribution in [0.4, 0.5) is 0 Å². The number of hydrogen-bond acceptors (Lipinski definition) is 6. The highest BCUT2D eigenvalue weighted by atomic mass is 16.6. The minimum Gasteiger partial charge on any atom is -0.466 e. The van der Waals surface area contributed by atoms with Crippen LogP contribution in [0.15, 0.2) is 0 Å². The molecule has 0 rings (SSSR count). The molecule has 0 aromatic rings. The molecule has 6 nitrogen and oxygen atoms in total. The molecule has 0 aliphatic carbocycles.